The molecule has 128 valence electrons. The Hall–Kier alpha value is -2.92. The lowest BCUT2D eigenvalue weighted by molar-refractivity contribution is 0.113. The monoisotopic (exact) mass is 338 g/mol. The minimum atomic E-state index is -1.23. The largest absolute Gasteiger partial charge is 0.376 e. The zero-order chi connectivity index (χ0) is 17.4. The first-order chi connectivity index (χ1) is 12.2. The lowest BCUT2D eigenvalue weighted by atomic mass is 9.94. The molecule has 1 aliphatic rings. The van der Waals surface area contributed by atoms with Gasteiger partial charge >= 0.3 is 0 Å². The molecule has 8 heteroatoms. The van der Waals surface area contributed by atoms with E-state index in [2.05, 4.69) is 20.1 Å². The van der Waals surface area contributed by atoms with Gasteiger partial charge in [-0.1, -0.05) is 12.8 Å². The van der Waals surface area contributed by atoms with Gasteiger partial charge in [0.15, 0.2) is 6.10 Å². The summed E-state index contributed by atoms with van der Waals surface area (Å²) < 4.78 is 1.39. The smallest absolute Gasteiger partial charge is 0.276 e. The van der Waals surface area contributed by atoms with Crippen LogP contribution in [0.15, 0.2) is 29.6 Å². The first-order valence-corrected chi connectivity index (χ1v) is 8.36. The van der Waals surface area contributed by atoms with Crippen molar-refractivity contribution in [3.05, 3.63) is 35.1 Å². The molecule has 1 saturated carbocycles. The third-order valence-corrected chi connectivity index (χ3v) is 5.04. The Labute approximate surface area is 143 Å². The van der Waals surface area contributed by atoms with E-state index in [-0.39, 0.29) is 11.5 Å². The maximum atomic E-state index is 13.0. The van der Waals surface area contributed by atoms with Gasteiger partial charge in [-0.05, 0) is 24.8 Å². The normalized spacial score (nSPS) is 17.6. The highest BCUT2D eigenvalue weighted by atomic mass is 16.3. The predicted molar refractivity (Wildman–Crippen MR) is 90.6 cm³/mol. The van der Waals surface area contributed by atoms with Gasteiger partial charge in [0.1, 0.15) is 12.0 Å². The highest BCUT2D eigenvalue weighted by molar-refractivity contribution is 5.89. The summed E-state index contributed by atoms with van der Waals surface area (Å²) in [7, 11) is 0. The van der Waals surface area contributed by atoms with E-state index in [4.69, 9.17) is 0 Å². The van der Waals surface area contributed by atoms with Gasteiger partial charge in [-0.2, -0.15) is 5.26 Å². The molecule has 8 nitrogen and oxygen atoms in total. The van der Waals surface area contributed by atoms with Gasteiger partial charge in [-0.25, -0.2) is 14.6 Å². The lowest BCUT2D eigenvalue weighted by Gasteiger charge is -2.24. The molecule has 1 fully saturated rings. The molecule has 3 aromatic heterocycles. The summed E-state index contributed by atoms with van der Waals surface area (Å²) >= 11 is 0. The van der Waals surface area contributed by atoms with E-state index in [1.807, 2.05) is 12.1 Å². The van der Waals surface area contributed by atoms with Crippen LogP contribution in [0.4, 0.5) is 0 Å². The fourth-order valence-electron chi connectivity index (χ4n) is 3.85. The number of aromatic nitrogens is 5. The van der Waals surface area contributed by atoms with Gasteiger partial charge in [0, 0.05) is 17.8 Å². The van der Waals surface area contributed by atoms with Crippen molar-refractivity contribution in [3.8, 4) is 17.3 Å². The van der Waals surface area contributed by atoms with Crippen molar-refractivity contribution in [1.29, 1.82) is 5.26 Å². The second kappa shape index (κ2) is 6.18. The highest BCUT2D eigenvalue weighted by Crippen LogP contribution is 2.35. The summed E-state index contributed by atoms with van der Waals surface area (Å²) in [5, 5.41) is 23.1. The molecule has 0 saturated heterocycles. The van der Waals surface area contributed by atoms with Crippen molar-refractivity contribution >= 4 is 11.0 Å². The number of nitrogens with zero attached hydrogens (tertiary/aromatic N) is 4. The first kappa shape index (κ1) is 15.6. The van der Waals surface area contributed by atoms with Crippen LogP contribution < -0.4 is 5.56 Å². The molecular formula is C17H18N6O2. The zero-order valence-electron chi connectivity index (χ0n) is 13.5. The van der Waals surface area contributed by atoms with E-state index in [0.717, 1.165) is 31.1 Å². The molecule has 25 heavy (non-hydrogen) atoms. The van der Waals surface area contributed by atoms with Crippen molar-refractivity contribution in [3.63, 3.8) is 0 Å². The predicted octanol–water partition coefficient (Wildman–Crippen LogP) is 1.73. The van der Waals surface area contributed by atoms with E-state index in [9.17, 15) is 15.2 Å². The Morgan fingerprint density at radius 1 is 1.36 bits per heavy atom. The molecule has 0 aliphatic heterocycles. The van der Waals surface area contributed by atoms with E-state index < -0.39 is 12.1 Å². The van der Waals surface area contributed by atoms with E-state index in [1.165, 1.54) is 11.0 Å². The van der Waals surface area contributed by atoms with Crippen molar-refractivity contribution in [2.24, 2.45) is 5.92 Å². The summed E-state index contributed by atoms with van der Waals surface area (Å²) in [6.45, 7) is 0. The topological polar surface area (TPSA) is 123 Å². The molecule has 2 atom stereocenters. The van der Waals surface area contributed by atoms with Gasteiger partial charge in [0.05, 0.1) is 23.4 Å². The first-order valence-electron chi connectivity index (χ1n) is 8.36. The van der Waals surface area contributed by atoms with Gasteiger partial charge < -0.3 is 15.2 Å². The average molecular weight is 338 g/mol. The number of rotatable bonds is 4. The lowest BCUT2D eigenvalue weighted by Crippen LogP contribution is -2.35. The van der Waals surface area contributed by atoms with E-state index in [0.29, 0.717) is 16.9 Å². The summed E-state index contributed by atoms with van der Waals surface area (Å²) in [6, 6.07) is 3.13. The molecule has 4 rings (SSSR count). The van der Waals surface area contributed by atoms with Crippen LogP contribution in [0.3, 0.4) is 0 Å². The third-order valence-electron chi connectivity index (χ3n) is 5.04. The van der Waals surface area contributed by atoms with Crippen molar-refractivity contribution in [2.75, 3.05) is 0 Å². The number of hydrogen-bond acceptors (Lipinski definition) is 5. The molecule has 0 radical (unpaired) electrons. The maximum Gasteiger partial charge on any atom is 0.276 e. The molecule has 0 amide bonds. The quantitative estimate of drug-likeness (QED) is 0.625. The Morgan fingerprint density at radius 2 is 2.16 bits per heavy atom. The summed E-state index contributed by atoms with van der Waals surface area (Å²) in [4.78, 5) is 24.4. The number of aliphatic hydroxyl groups excluding tert-OH is 1. The molecule has 0 spiro atoms. The molecular weight excluding hydrogens is 320 g/mol. The number of nitriles is 1. The van der Waals surface area contributed by atoms with Crippen LogP contribution in [0.2, 0.25) is 0 Å². The van der Waals surface area contributed by atoms with Crippen LogP contribution in [-0.2, 0) is 0 Å². The van der Waals surface area contributed by atoms with Crippen LogP contribution in [-0.4, -0.2) is 35.9 Å². The number of H-pyrrole nitrogens is 2. The molecule has 3 heterocycles. The van der Waals surface area contributed by atoms with Crippen LogP contribution in [0.25, 0.3) is 22.3 Å². The second-order valence-corrected chi connectivity index (χ2v) is 6.43. The van der Waals surface area contributed by atoms with Crippen LogP contribution in [0.1, 0.15) is 31.7 Å². The fourth-order valence-corrected chi connectivity index (χ4v) is 3.85. The Kier molecular flexibility index (Phi) is 3.86. The minimum absolute atomic E-state index is 0.108. The summed E-state index contributed by atoms with van der Waals surface area (Å²) in [5.74, 6) is 0.108. The Bertz CT molecular complexity index is 988. The molecule has 1 aliphatic carbocycles. The Balaban J connectivity index is 1.81. The van der Waals surface area contributed by atoms with Gasteiger partial charge in [-0.15, -0.1) is 0 Å². The van der Waals surface area contributed by atoms with Crippen LogP contribution in [0.5, 0.6) is 0 Å². The van der Waals surface area contributed by atoms with Gasteiger partial charge in [0.2, 0.25) is 0 Å². The standard InChI is InChI=1S/C17H18N6O2/c18-7-13(24)15(10-3-1-2-4-10)23-17(25)12(8-22-23)14-11-5-6-19-16(11)21-9-20-14/h5-6,8-10,13,15,22,24H,1-4H2,(H,19,20,21). The zero-order valence-corrected chi connectivity index (χ0v) is 13.5. The number of nitrogens with one attached hydrogen (secondary N) is 2. The molecule has 0 bridgehead atoms. The Morgan fingerprint density at radius 3 is 2.92 bits per heavy atom. The molecule has 3 N–H and O–H groups in total. The molecule has 2 unspecified atom stereocenters. The van der Waals surface area contributed by atoms with Gasteiger partial charge in [-0.3, -0.25) is 4.79 Å². The number of fused-ring (bicyclic) bond motifs is 1. The maximum absolute atomic E-state index is 13.0. The number of hydrogen-bond donors (Lipinski definition) is 3. The summed E-state index contributed by atoms with van der Waals surface area (Å²) in [5.41, 5.74) is 1.30. The van der Waals surface area contributed by atoms with Crippen LogP contribution >= 0.6 is 0 Å². The SMILES string of the molecule is N#CC(O)C(C1CCCC1)n1[nH]cc(-c2ncnc3[nH]ccc23)c1=O. The number of aromatic amines is 2. The van der Waals surface area contributed by atoms with Gasteiger partial charge in [0.25, 0.3) is 5.56 Å². The van der Waals surface area contributed by atoms with E-state index >= 15 is 0 Å². The highest BCUT2D eigenvalue weighted by Gasteiger charge is 2.34. The molecule has 0 aromatic carbocycles. The fraction of sp³-hybridized carbons (Fsp3) is 0.412. The van der Waals surface area contributed by atoms with Crippen molar-refractivity contribution in [2.45, 2.75) is 37.8 Å². The molecule has 3 aromatic rings. The van der Waals surface area contributed by atoms with Crippen LogP contribution in [0, 0.1) is 17.2 Å². The second-order valence-electron chi connectivity index (χ2n) is 6.43. The minimum Gasteiger partial charge on any atom is -0.376 e. The van der Waals surface area contributed by atoms with Crippen molar-refractivity contribution in [1.82, 2.24) is 24.7 Å². The third kappa shape index (κ3) is 2.53. The van der Waals surface area contributed by atoms with E-state index in [1.54, 1.807) is 12.4 Å². The average Bonchev–Trinajstić information content (AvgIpc) is 3.36. The van der Waals surface area contributed by atoms with Crippen molar-refractivity contribution < 1.29 is 5.11 Å². The summed E-state index contributed by atoms with van der Waals surface area (Å²) in [6.07, 6.45) is 7.42. The number of aliphatic hydroxyl groups is 1.